The molecular weight excluding hydrogens is 256 g/mol. The Balaban J connectivity index is 1.94. The molecule has 1 fully saturated rings. The molecule has 1 aromatic rings. The normalized spacial score (nSPS) is 17.2. The smallest absolute Gasteiger partial charge is 0.292 e. The van der Waals surface area contributed by atoms with Gasteiger partial charge in [0.05, 0.1) is 4.92 Å². The van der Waals surface area contributed by atoms with Crippen LogP contribution in [0.5, 0.6) is 0 Å². The quantitative estimate of drug-likeness (QED) is 0.504. The second-order valence-electron chi connectivity index (χ2n) is 5.27. The number of rotatable bonds is 5. The SMILES string of the molecule is CCCN1CCN(Cc2ccc(N)c([N+](=O)[O-])c2)CC1. The summed E-state index contributed by atoms with van der Waals surface area (Å²) in [5, 5.41) is 10.9. The number of nitrogens with zero attached hydrogens (tertiary/aromatic N) is 3. The maximum absolute atomic E-state index is 10.9. The van der Waals surface area contributed by atoms with Crippen LogP contribution < -0.4 is 5.73 Å². The summed E-state index contributed by atoms with van der Waals surface area (Å²) in [7, 11) is 0. The molecule has 0 bridgehead atoms. The topological polar surface area (TPSA) is 75.6 Å². The van der Waals surface area contributed by atoms with E-state index in [4.69, 9.17) is 5.73 Å². The third kappa shape index (κ3) is 3.68. The van der Waals surface area contributed by atoms with Crippen LogP contribution in [0.2, 0.25) is 0 Å². The van der Waals surface area contributed by atoms with E-state index >= 15 is 0 Å². The van der Waals surface area contributed by atoms with Gasteiger partial charge in [-0.15, -0.1) is 0 Å². The number of benzene rings is 1. The zero-order chi connectivity index (χ0) is 14.5. The number of nitrogens with two attached hydrogens (primary N) is 1. The van der Waals surface area contributed by atoms with E-state index in [1.807, 2.05) is 6.07 Å². The molecule has 1 heterocycles. The van der Waals surface area contributed by atoms with Gasteiger partial charge in [0.15, 0.2) is 0 Å². The van der Waals surface area contributed by atoms with Gasteiger partial charge in [0.25, 0.3) is 5.69 Å². The molecule has 1 aliphatic heterocycles. The van der Waals surface area contributed by atoms with Gasteiger partial charge in [0.1, 0.15) is 5.69 Å². The molecule has 0 atom stereocenters. The van der Waals surface area contributed by atoms with Crippen molar-refractivity contribution in [2.24, 2.45) is 0 Å². The summed E-state index contributed by atoms with van der Waals surface area (Å²) in [6, 6.07) is 5.09. The van der Waals surface area contributed by atoms with E-state index in [9.17, 15) is 10.1 Å². The number of anilines is 1. The van der Waals surface area contributed by atoms with Crippen molar-refractivity contribution in [2.45, 2.75) is 19.9 Å². The van der Waals surface area contributed by atoms with Gasteiger partial charge in [-0.05, 0) is 24.6 Å². The molecule has 0 aliphatic carbocycles. The third-order valence-corrected chi connectivity index (χ3v) is 3.70. The van der Waals surface area contributed by atoms with Gasteiger partial charge >= 0.3 is 0 Å². The molecule has 1 aliphatic rings. The number of nitro benzene ring substituents is 1. The van der Waals surface area contributed by atoms with Crippen molar-refractivity contribution >= 4 is 11.4 Å². The second-order valence-corrected chi connectivity index (χ2v) is 5.27. The van der Waals surface area contributed by atoms with Crippen molar-refractivity contribution in [1.82, 2.24) is 9.80 Å². The first-order chi connectivity index (χ1) is 9.60. The number of hydrogen-bond donors (Lipinski definition) is 1. The Kier molecular flexibility index (Phi) is 4.92. The van der Waals surface area contributed by atoms with E-state index < -0.39 is 4.92 Å². The Morgan fingerprint density at radius 3 is 2.50 bits per heavy atom. The van der Waals surface area contributed by atoms with E-state index in [2.05, 4.69) is 16.7 Å². The average molecular weight is 278 g/mol. The number of piperazine rings is 1. The first-order valence-electron chi connectivity index (χ1n) is 7.07. The highest BCUT2D eigenvalue weighted by Crippen LogP contribution is 2.23. The molecule has 0 aromatic heterocycles. The molecule has 6 heteroatoms. The van der Waals surface area contributed by atoms with Crippen LogP contribution in [0.15, 0.2) is 18.2 Å². The summed E-state index contributed by atoms with van der Waals surface area (Å²) in [4.78, 5) is 15.3. The van der Waals surface area contributed by atoms with Crippen LogP contribution in [0.3, 0.4) is 0 Å². The van der Waals surface area contributed by atoms with Crippen LogP contribution in [0.1, 0.15) is 18.9 Å². The molecular formula is C14H22N4O2. The maximum atomic E-state index is 10.9. The van der Waals surface area contributed by atoms with Gasteiger partial charge < -0.3 is 10.6 Å². The molecule has 110 valence electrons. The molecule has 0 saturated carbocycles. The molecule has 0 spiro atoms. The van der Waals surface area contributed by atoms with Gasteiger partial charge in [-0.2, -0.15) is 0 Å². The molecule has 0 radical (unpaired) electrons. The molecule has 2 rings (SSSR count). The Hall–Kier alpha value is -1.66. The van der Waals surface area contributed by atoms with E-state index in [1.54, 1.807) is 12.1 Å². The summed E-state index contributed by atoms with van der Waals surface area (Å²) in [5.41, 5.74) is 6.80. The molecule has 1 saturated heterocycles. The molecule has 2 N–H and O–H groups in total. The van der Waals surface area contributed by atoms with Crippen LogP contribution >= 0.6 is 0 Å². The molecule has 0 amide bonds. The minimum absolute atomic E-state index is 0.00659. The number of nitro groups is 1. The van der Waals surface area contributed by atoms with Crippen LogP contribution in [0.25, 0.3) is 0 Å². The van der Waals surface area contributed by atoms with Crippen molar-refractivity contribution in [3.05, 3.63) is 33.9 Å². The largest absolute Gasteiger partial charge is 0.393 e. The van der Waals surface area contributed by atoms with Gasteiger partial charge in [0.2, 0.25) is 0 Å². The van der Waals surface area contributed by atoms with E-state index in [0.717, 1.165) is 44.8 Å². The zero-order valence-electron chi connectivity index (χ0n) is 11.9. The molecule has 20 heavy (non-hydrogen) atoms. The number of hydrogen-bond acceptors (Lipinski definition) is 5. The summed E-state index contributed by atoms with van der Waals surface area (Å²) < 4.78 is 0. The van der Waals surface area contributed by atoms with Crippen LogP contribution in [0, 0.1) is 10.1 Å². The van der Waals surface area contributed by atoms with Crippen LogP contribution in [-0.4, -0.2) is 47.4 Å². The van der Waals surface area contributed by atoms with E-state index in [-0.39, 0.29) is 11.4 Å². The first kappa shape index (κ1) is 14.7. The average Bonchev–Trinajstić information content (AvgIpc) is 2.43. The van der Waals surface area contributed by atoms with Gasteiger partial charge in [-0.3, -0.25) is 15.0 Å². The van der Waals surface area contributed by atoms with Crippen LogP contribution in [0.4, 0.5) is 11.4 Å². The van der Waals surface area contributed by atoms with E-state index in [1.165, 1.54) is 6.42 Å². The highest BCUT2D eigenvalue weighted by Gasteiger charge is 2.18. The number of nitrogen functional groups attached to an aromatic ring is 1. The monoisotopic (exact) mass is 278 g/mol. The predicted octanol–water partition coefficient (Wildman–Crippen LogP) is 1.70. The van der Waals surface area contributed by atoms with Crippen molar-refractivity contribution in [3.8, 4) is 0 Å². The minimum Gasteiger partial charge on any atom is -0.393 e. The third-order valence-electron chi connectivity index (χ3n) is 3.70. The Morgan fingerprint density at radius 1 is 1.25 bits per heavy atom. The summed E-state index contributed by atoms with van der Waals surface area (Å²) in [6.07, 6.45) is 1.18. The fourth-order valence-electron chi connectivity index (χ4n) is 2.59. The van der Waals surface area contributed by atoms with Crippen molar-refractivity contribution in [1.29, 1.82) is 0 Å². The highest BCUT2D eigenvalue weighted by molar-refractivity contribution is 5.59. The Bertz CT molecular complexity index is 470. The van der Waals surface area contributed by atoms with Gasteiger partial charge in [-0.1, -0.05) is 13.0 Å². The predicted molar refractivity (Wildman–Crippen MR) is 79.5 cm³/mol. The lowest BCUT2D eigenvalue weighted by molar-refractivity contribution is -0.384. The zero-order valence-corrected chi connectivity index (χ0v) is 11.9. The van der Waals surface area contributed by atoms with Crippen molar-refractivity contribution in [2.75, 3.05) is 38.5 Å². The summed E-state index contributed by atoms with van der Waals surface area (Å²) >= 11 is 0. The lowest BCUT2D eigenvalue weighted by atomic mass is 10.1. The Morgan fingerprint density at radius 2 is 1.90 bits per heavy atom. The standard InChI is InChI=1S/C14H22N4O2/c1-2-5-16-6-8-17(9-7-16)11-12-3-4-13(15)14(10-12)18(19)20/h3-4,10H,2,5-9,11,15H2,1H3. The molecule has 6 nitrogen and oxygen atoms in total. The Labute approximate surface area is 119 Å². The van der Waals surface area contributed by atoms with Crippen molar-refractivity contribution in [3.63, 3.8) is 0 Å². The van der Waals surface area contributed by atoms with Crippen LogP contribution in [-0.2, 0) is 6.54 Å². The highest BCUT2D eigenvalue weighted by atomic mass is 16.6. The first-order valence-corrected chi connectivity index (χ1v) is 7.07. The lowest BCUT2D eigenvalue weighted by Gasteiger charge is -2.34. The summed E-state index contributed by atoms with van der Waals surface area (Å²) in [6.45, 7) is 8.27. The van der Waals surface area contributed by atoms with Gasteiger partial charge in [-0.25, -0.2) is 0 Å². The second kappa shape index (κ2) is 6.67. The minimum atomic E-state index is -0.419. The fourth-order valence-corrected chi connectivity index (χ4v) is 2.59. The van der Waals surface area contributed by atoms with Crippen molar-refractivity contribution < 1.29 is 4.92 Å². The lowest BCUT2D eigenvalue weighted by Crippen LogP contribution is -2.45. The molecule has 0 unspecified atom stereocenters. The fraction of sp³-hybridized carbons (Fsp3) is 0.571. The van der Waals surface area contributed by atoms with Gasteiger partial charge in [0, 0.05) is 38.8 Å². The molecule has 1 aromatic carbocycles. The maximum Gasteiger partial charge on any atom is 0.292 e. The van der Waals surface area contributed by atoms with E-state index in [0.29, 0.717) is 0 Å². The summed E-state index contributed by atoms with van der Waals surface area (Å²) in [5.74, 6) is 0.